The van der Waals surface area contributed by atoms with Gasteiger partial charge in [0.15, 0.2) is 0 Å². The van der Waals surface area contributed by atoms with E-state index in [4.69, 9.17) is 11.6 Å². The Hall–Kier alpha value is -0.420. The molecular weight excluding hydrogens is 320 g/mol. The van der Waals surface area contributed by atoms with Crippen molar-refractivity contribution < 1.29 is 0 Å². The number of nitrogens with zero attached hydrogens (tertiary/aromatic N) is 2. The molecule has 2 nitrogen and oxygen atoms in total. The van der Waals surface area contributed by atoms with Crippen molar-refractivity contribution in [3.05, 3.63) is 38.0 Å². The number of aromatic nitrogens is 1. The van der Waals surface area contributed by atoms with Crippen LogP contribution in [0.5, 0.6) is 0 Å². The summed E-state index contributed by atoms with van der Waals surface area (Å²) >= 11 is 9.45. The third kappa shape index (κ3) is 3.67. The second-order valence-electron chi connectivity index (χ2n) is 5.58. The SMILES string of the molecule is CC1c2ccsc2CCN1CCCCc1nc(CCl)cs1. The molecule has 5 heteroatoms. The van der Waals surface area contributed by atoms with E-state index in [1.807, 2.05) is 11.3 Å². The van der Waals surface area contributed by atoms with E-state index in [-0.39, 0.29) is 0 Å². The van der Waals surface area contributed by atoms with Gasteiger partial charge in [-0.25, -0.2) is 4.98 Å². The van der Waals surface area contributed by atoms with Gasteiger partial charge < -0.3 is 0 Å². The zero-order chi connectivity index (χ0) is 14.7. The highest BCUT2D eigenvalue weighted by Crippen LogP contribution is 2.32. The molecule has 114 valence electrons. The van der Waals surface area contributed by atoms with E-state index in [9.17, 15) is 0 Å². The highest BCUT2D eigenvalue weighted by atomic mass is 35.5. The smallest absolute Gasteiger partial charge is 0.0928 e. The maximum absolute atomic E-state index is 5.79. The molecule has 0 spiro atoms. The Kier molecular flexibility index (Phi) is 5.33. The topological polar surface area (TPSA) is 16.1 Å². The number of rotatable bonds is 6. The number of hydrogen-bond donors (Lipinski definition) is 0. The van der Waals surface area contributed by atoms with E-state index >= 15 is 0 Å². The van der Waals surface area contributed by atoms with Crippen molar-refractivity contribution in [2.75, 3.05) is 13.1 Å². The van der Waals surface area contributed by atoms with Crippen molar-refractivity contribution in [1.82, 2.24) is 9.88 Å². The van der Waals surface area contributed by atoms with Crippen LogP contribution >= 0.6 is 34.3 Å². The quantitative estimate of drug-likeness (QED) is 0.550. The molecule has 0 fully saturated rings. The van der Waals surface area contributed by atoms with Gasteiger partial charge in [0, 0.05) is 22.8 Å². The van der Waals surface area contributed by atoms with E-state index in [0.717, 1.165) is 12.1 Å². The summed E-state index contributed by atoms with van der Waals surface area (Å²) in [7, 11) is 0. The zero-order valence-electron chi connectivity index (χ0n) is 12.3. The van der Waals surface area contributed by atoms with Gasteiger partial charge in [0.2, 0.25) is 0 Å². The lowest BCUT2D eigenvalue weighted by molar-refractivity contribution is 0.196. The van der Waals surface area contributed by atoms with E-state index in [2.05, 4.69) is 33.6 Å². The first-order chi connectivity index (χ1) is 10.3. The zero-order valence-corrected chi connectivity index (χ0v) is 14.7. The van der Waals surface area contributed by atoms with Crippen molar-refractivity contribution in [3.8, 4) is 0 Å². The monoisotopic (exact) mass is 340 g/mol. The second-order valence-corrected chi connectivity index (χ2v) is 7.79. The number of unbranched alkanes of at least 4 members (excludes halogenated alkanes) is 1. The Morgan fingerprint density at radius 2 is 2.29 bits per heavy atom. The molecule has 0 aliphatic carbocycles. The fourth-order valence-corrected chi connectivity index (χ4v) is 5.01. The predicted octanol–water partition coefficient (Wildman–Crippen LogP) is 4.89. The first-order valence-corrected chi connectivity index (χ1v) is 9.87. The highest BCUT2D eigenvalue weighted by molar-refractivity contribution is 7.10. The van der Waals surface area contributed by atoms with E-state index in [1.165, 1.54) is 37.4 Å². The van der Waals surface area contributed by atoms with Crippen molar-refractivity contribution in [1.29, 1.82) is 0 Å². The van der Waals surface area contributed by atoms with Gasteiger partial charge in [-0.3, -0.25) is 4.90 Å². The second kappa shape index (κ2) is 7.23. The van der Waals surface area contributed by atoms with Crippen LogP contribution in [0.3, 0.4) is 0 Å². The fourth-order valence-electron chi connectivity index (χ4n) is 2.98. The molecular formula is C16H21ClN2S2. The molecule has 1 unspecified atom stereocenters. The van der Waals surface area contributed by atoms with Gasteiger partial charge in [0.1, 0.15) is 0 Å². The van der Waals surface area contributed by atoms with Gasteiger partial charge >= 0.3 is 0 Å². The Morgan fingerprint density at radius 3 is 3.10 bits per heavy atom. The third-order valence-corrected chi connectivity index (χ3v) is 6.45. The average Bonchev–Trinajstić information content (AvgIpc) is 3.14. The summed E-state index contributed by atoms with van der Waals surface area (Å²) in [5.41, 5.74) is 2.57. The van der Waals surface area contributed by atoms with E-state index in [1.54, 1.807) is 21.8 Å². The molecule has 0 amide bonds. The molecule has 0 saturated carbocycles. The molecule has 1 atom stereocenters. The van der Waals surface area contributed by atoms with Gasteiger partial charge in [-0.15, -0.1) is 34.3 Å². The number of hydrogen-bond acceptors (Lipinski definition) is 4. The summed E-state index contributed by atoms with van der Waals surface area (Å²) in [4.78, 5) is 8.74. The fraction of sp³-hybridized carbons (Fsp3) is 0.562. The summed E-state index contributed by atoms with van der Waals surface area (Å²) in [5.74, 6) is 0.533. The maximum atomic E-state index is 5.79. The molecule has 1 aliphatic rings. The highest BCUT2D eigenvalue weighted by Gasteiger charge is 2.23. The Morgan fingerprint density at radius 1 is 1.38 bits per heavy atom. The molecule has 21 heavy (non-hydrogen) atoms. The minimum atomic E-state index is 0.533. The van der Waals surface area contributed by atoms with Crippen LogP contribution < -0.4 is 0 Å². The number of halogens is 1. The summed E-state index contributed by atoms with van der Waals surface area (Å²) < 4.78 is 0. The molecule has 2 aromatic rings. The molecule has 1 aliphatic heterocycles. The third-order valence-electron chi connectivity index (χ3n) is 4.23. The lowest BCUT2D eigenvalue weighted by atomic mass is 10.0. The van der Waals surface area contributed by atoms with Crippen molar-refractivity contribution in [2.45, 2.75) is 44.5 Å². The summed E-state index contributed by atoms with van der Waals surface area (Å²) in [6, 6.07) is 2.89. The largest absolute Gasteiger partial charge is 0.296 e. The molecule has 3 heterocycles. The minimum absolute atomic E-state index is 0.533. The van der Waals surface area contributed by atoms with Gasteiger partial charge in [0.25, 0.3) is 0 Å². The molecule has 0 bridgehead atoms. The first kappa shape index (κ1) is 15.5. The molecule has 2 aromatic heterocycles. The number of aryl methyl sites for hydroxylation is 1. The van der Waals surface area contributed by atoms with Gasteiger partial charge in [-0.1, -0.05) is 0 Å². The number of alkyl halides is 1. The summed E-state index contributed by atoms with van der Waals surface area (Å²) in [5, 5.41) is 5.55. The normalized spacial score (nSPS) is 18.9. The van der Waals surface area contributed by atoms with Crippen LogP contribution in [0.25, 0.3) is 0 Å². The van der Waals surface area contributed by atoms with Gasteiger partial charge in [-0.05, 0) is 56.2 Å². The van der Waals surface area contributed by atoms with Gasteiger partial charge in [0.05, 0.1) is 16.6 Å². The number of thiazole rings is 1. The first-order valence-electron chi connectivity index (χ1n) is 7.57. The lowest BCUT2D eigenvalue weighted by Gasteiger charge is -2.33. The van der Waals surface area contributed by atoms with Crippen molar-refractivity contribution in [3.63, 3.8) is 0 Å². The van der Waals surface area contributed by atoms with Crippen LogP contribution in [0.1, 0.15) is 46.9 Å². The van der Waals surface area contributed by atoms with Crippen LogP contribution in [0.2, 0.25) is 0 Å². The molecule has 0 saturated heterocycles. The van der Waals surface area contributed by atoms with Gasteiger partial charge in [-0.2, -0.15) is 0 Å². The number of thiophene rings is 1. The lowest BCUT2D eigenvalue weighted by Crippen LogP contribution is -2.33. The standard InChI is InChI=1S/C16H21ClN2S2/c1-12-14-6-9-20-15(14)5-8-19(12)7-3-2-4-16-18-13(10-17)11-21-16/h6,9,11-12H,2-5,7-8,10H2,1H3. The predicted molar refractivity (Wildman–Crippen MR) is 92.6 cm³/mol. The summed E-state index contributed by atoms with van der Waals surface area (Å²) in [6.07, 6.45) is 4.78. The minimum Gasteiger partial charge on any atom is -0.296 e. The molecule has 0 N–H and O–H groups in total. The van der Waals surface area contributed by atoms with Crippen LogP contribution in [-0.2, 0) is 18.7 Å². The van der Waals surface area contributed by atoms with Crippen molar-refractivity contribution in [2.24, 2.45) is 0 Å². The number of fused-ring (bicyclic) bond motifs is 1. The van der Waals surface area contributed by atoms with Crippen LogP contribution in [0, 0.1) is 0 Å². The van der Waals surface area contributed by atoms with E-state index in [0.29, 0.717) is 11.9 Å². The Bertz CT molecular complexity index is 578. The molecule has 0 radical (unpaired) electrons. The Labute approximate surface area is 139 Å². The molecule has 3 rings (SSSR count). The van der Waals surface area contributed by atoms with E-state index < -0.39 is 0 Å². The maximum Gasteiger partial charge on any atom is 0.0928 e. The van der Waals surface area contributed by atoms with Crippen molar-refractivity contribution >= 4 is 34.3 Å². The average molecular weight is 341 g/mol. The van der Waals surface area contributed by atoms with Crippen LogP contribution in [0.4, 0.5) is 0 Å². The van der Waals surface area contributed by atoms with Crippen LogP contribution in [-0.4, -0.2) is 23.0 Å². The van der Waals surface area contributed by atoms with Crippen LogP contribution in [0.15, 0.2) is 16.8 Å². The molecule has 0 aromatic carbocycles. The summed E-state index contributed by atoms with van der Waals surface area (Å²) in [6.45, 7) is 4.75. The Balaban J connectivity index is 1.44.